The first-order valence-corrected chi connectivity index (χ1v) is 11.3. The maximum Gasteiger partial charge on any atom is 0.377 e. The molecule has 0 bridgehead atoms. The molecule has 0 spiro atoms. The van der Waals surface area contributed by atoms with Crippen molar-refractivity contribution in [2.24, 2.45) is 5.92 Å². The molecular formula is C23H30N2O5S. The van der Waals surface area contributed by atoms with E-state index in [-0.39, 0.29) is 23.5 Å². The number of rotatable bonds is 9. The molecule has 1 aromatic rings. The summed E-state index contributed by atoms with van der Waals surface area (Å²) in [5, 5.41) is 4.18. The van der Waals surface area contributed by atoms with E-state index in [2.05, 4.69) is 5.32 Å². The summed E-state index contributed by atoms with van der Waals surface area (Å²) in [6.07, 6.45) is 1.27. The number of thioether (sulfide) groups is 1. The Labute approximate surface area is 187 Å². The first-order valence-electron chi connectivity index (χ1n) is 10.3. The van der Waals surface area contributed by atoms with Crippen molar-refractivity contribution in [2.75, 3.05) is 0 Å². The lowest BCUT2D eigenvalue weighted by Gasteiger charge is -2.33. The molecule has 168 valence electrons. The smallest absolute Gasteiger partial charge is 0.377 e. The first kappa shape index (κ1) is 24.7. The van der Waals surface area contributed by atoms with Gasteiger partial charge in [0, 0.05) is 12.6 Å². The van der Waals surface area contributed by atoms with Crippen molar-refractivity contribution >= 4 is 35.3 Å². The fourth-order valence-electron chi connectivity index (χ4n) is 3.12. The van der Waals surface area contributed by atoms with Gasteiger partial charge in [-0.1, -0.05) is 44.2 Å². The number of nitrogens with one attached hydrogen (secondary N) is 1. The second-order valence-corrected chi connectivity index (χ2v) is 9.13. The Morgan fingerprint density at radius 2 is 1.74 bits per heavy atom. The highest BCUT2D eigenvalue weighted by atomic mass is 32.2. The lowest BCUT2D eigenvalue weighted by molar-refractivity contribution is -0.158. The van der Waals surface area contributed by atoms with E-state index in [1.54, 1.807) is 32.4 Å². The number of hydrogen-bond acceptors (Lipinski definition) is 6. The Balaban J connectivity index is 2.18. The molecule has 1 heterocycles. The van der Waals surface area contributed by atoms with Crippen LogP contribution in [0.3, 0.4) is 0 Å². The molecule has 8 heteroatoms. The van der Waals surface area contributed by atoms with Crippen LogP contribution in [0, 0.1) is 5.92 Å². The fourth-order valence-corrected chi connectivity index (χ4v) is 4.04. The number of amides is 2. The van der Waals surface area contributed by atoms with Crippen LogP contribution in [0.25, 0.3) is 0 Å². The summed E-state index contributed by atoms with van der Waals surface area (Å²) in [6, 6.07) is 7.16. The van der Waals surface area contributed by atoms with Gasteiger partial charge >= 0.3 is 5.97 Å². The summed E-state index contributed by atoms with van der Waals surface area (Å²) in [5.74, 6) is -2.38. The fraction of sp³-hybridized carbons (Fsp3) is 0.478. The van der Waals surface area contributed by atoms with Crippen LogP contribution in [0.5, 0.6) is 0 Å². The predicted molar refractivity (Wildman–Crippen MR) is 120 cm³/mol. The molecule has 0 saturated heterocycles. The van der Waals surface area contributed by atoms with Crippen molar-refractivity contribution in [3.63, 3.8) is 0 Å². The Bertz CT molecular complexity index is 838. The molecule has 1 aliphatic heterocycles. The number of esters is 1. The van der Waals surface area contributed by atoms with Crippen LogP contribution >= 0.6 is 11.8 Å². The minimum absolute atomic E-state index is 0.110. The molecule has 0 fully saturated rings. The van der Waals surface area contributed by atoms with Crippen molar-refractivity contribution in [2.45, 2.75) is 64.5 Å². The third kappa shape index (κ3) is 6.69. The highest BCUT2D eigenvalue weighted by molar-refractivity contribution is 8.03. The van der Waals surface area contributed by atoms with Crippen molar-refractivity contribution in [3.05, 3.63) is 47.5 Å². The van der Waals surface area contributed by atoms with Crippen LogP contribution in [0.2, 0.25) is 0 Å². The van der Waals surface area contributed by atoms with Gasteiger partial charge in [0.25, 0.3) is 5.78 Å². The normalized spacial score (nSPS) is 18.1. The Morgan fingerprint density at radius 1 is 1.10 bits per heavy atom. The van der Waals surface area contributed by atoms with Crippen molar-refractivity contribution < 1.29 is 23.9 Å². The van der Waals surface area contributed by atoms with Crippen molar-refractivity contribution in [3.8, 4) is 0 Å². The monoisotopic (exact) mass is 446 g/mol. The highest BCUT2D eigenvalue weighted by Crippen LogP contribution is 2.28. The number of carbonyl (C=O) groups excluding carboxylic acids is 4. The van der Waals surface area contributed by atoms with Gasteiger partial charge in [0.05, 0.1) is 11.4 Å². The Morgan fingerprint density at radius 3 is 2.32 bits per heavy atom. The number of carbonyl (C=O) groups is 4. The van der Waals surface area contributed by atoms with Gasteiger partial charge in [-0.2, -0.15) is 0 Å². The zero-order valence-electron chi connectivity index (χ0n) is 18.5. The zero-order valence-corrected chi connectivity index (χ0v) is 19.3. The van der Waals surface area contributed by atoms with Crippen LogP contribution in [0.4, 0.5) is 0 Å². The van der Waals surface area contributed by atoms with Crippen LogP contribution < -0.4 is 5.32 Å². The number of benzene rings is 1. The maximum atomic E-state index is 13.0. The van der Waals surface area contributed by atoms with Gasteiger partial charge in [0.2, 0.25) is 11.8 Å². The van der Waals surface area contributed by atoms with Gasteiger partial charge in [-0.3, -0.25) is 14.4 Å². The Kier molecular flexibility index (Phi) is 8.86. The molecule has 1 aliphatic rings. The molecule has 1 aromatic carbocycles. The molecule has 0 aromatic heterocycles. The predicted octanol–water partition coefficient (Wildman–Crippen LogP) is 2.69. The van der Waals surface area contributed by atoms with E-state index >= 15 is 0 Å². The van der Waals surface area contributed by atoms with E-state index < -0.39 is 35.8 Å². The zero-order chi connectivity index (χ0) is 23.1. The largest absolute Gasteiger partial charge is 0.457 e. The summed E-state index contributed by atoms with van der Waals surface area (Å²) < 4.78 is 5.03. The van der Waals surface area contributed by atoms with Crippen LogP contribution in [0.1, 0.15) is 40.2 Å². The molecule has 0 radical (unpaired) electrons. The topological polar surface area (TPSA) is 92.8 Å². The van der Waals surface area contributed by atoms with Gasteiger partial charge in [0.1, 0.15) is 12.1 Å². The number of ether oxygens (including phenoxy) is 1. The summed E-state index contributed by atoms with van der Waals surface area (Å²) >= 11 is 1.42. The molecule has 2 rings (SSSR count). The van der Waals surface area contributed by atoms with Crippen LogP contribution in [-0.4, -0.2) is 51.9 Å². The van der Waals surface area contributed by atoms with Crippen molar-refractivity contribution in [1.29, 1.82) is 0 Å². The first-order chi connectivity index (χ1) is 14.6. The highest BCUT2D eigenvalue weighted by Gasteiger charge is 2.36. The Hall–Kier alpha value is -2.61. The lowest BCUT2D eigenvalue weighted by Crippen LogP contribution is -2.54. The third-order valence-electron chi connectivity index (χ3n) is 4.81. The molecule has 31 heavy (non-hydrogen) atoms. The molecule has 7 nitrogen and oxygen atoms in total. The van der Waals surface area contributed by atoms with E-state index in [0.717, 1.165) is 5.56 Å². The molecule has 2 unspecified atom stereocenters. The van der Waals surface area contributed by atoms with E-state index in [1.807, 2.05) is 44.2 Å². The van der Waals surface area contributed by atoms with Gasteiger partial charge in [-0.25, -0.2) is 4.79 Å². The third-order valence-corrected chi connectivity index (χ3v) is 6.12. The summed E-state index contributed by atoms with van der Waals surface area (Å²) in [4.78, 5) is 52.1. The quantitative estimate of drug-likeness (QED) is 0.463. The minimum Gasteiger partial charge on any atom is -0.457 e. The van der Waals surface area contributed by atoms with Crippen LogP contribution in [0.15, 0.2) is 41.9 Å². The summed E-state index contributed by atoms with van der Waals surface area (Å²) in [6.45, 7) is 8.80. The molecule has 0 saturated carbocycles. The average molecular weight is 447 g/mol. The summed E-state index contributed by atoms with van der Waals surface area (Å²) in [7, 11) is 0. The number of Topliss-reactive ketones (excluding diaryl/α,β-unsaturated/α-hetero) is 1. The molecule has 1 N–H and O–H groups in total. The van der Waals surface area contributed by atoms with Gasteiger partial charge in [0.15, 0.2) is 0 Å². The van der Waals surface area contributed by atoms with Gasteiger partial charge in [-0.15, -0.1) is 11.8 Å². The van der Waals surface area contributed by atoms with E-state index in [1.165, 1.54) is 16.7 Å². The molecule has 3 atom stereocenters. The van der Waals surface area contributed by atoms with Gasteiger partial charge < -0.3 is 15.0 Å². The van der Waals surface area contributed by atoms with E-state index in [9.17, 15) is 19.2 Å². The van der Waals surface area contributed by atoms with Crippen LogP contribution in [-0.2, 0) is 30.3 Å². The van der Waals surface area contributed by atoms with E-state index in [0.29, 0.717) is 0 Å². The van der Waals surface area contributed by atoms with Gasteiger partial charge in [-0.05, 0) is 37.7 Å². The second-order valence-electron chi connectivity index (χ2n) is 8.08. The van der Waals surface area contributed by atoms with E-state index in [4.69, 9.17) is 4.74 Å². The van der Waals surface area contributed by atoms with Crippen molar-refractivity contribution in [1.82, 2.24) is 10.2 Å². The standard InChI is InChI=1S/C23H30N2O5S/c1-14(2)20-22(28)25(11-12-31-20)16(5)21(27)24-18(13-17-9-7-6-8-10-17)19(26)23(29)30-15(3)4/h6-12,14-16,18,20H,13H2,1-5H3,(H,24,27)/t16?,18-,20?/m0/s1. The number of nitrogens with zero attached hydrogens (tertiary/aromatic N) is 1. The SMILES string of the molecule is CC(C)OC(=O)C(=O)[C@H](Cc1ccccc1)NC(=O)C(C)N1C=CSC(C(C)C)C1=O. The minimum atomic E-state index is -1.09. The molecule has 2 amide bonds. The maximum absolute atomic E-state index is 13.0. The average Bonchev–Trinajstić information content (AvgIpc) is 2.72. The second kappa shape index (κ2) is 11.1. The molecule has 0 aliphatic carbocycles. The number of hydrogen-bond donors (Lipinski definition) is 1. The molecular weight excluding hydrogens is 416 g/mol. The number of ketones is 1. The summed E-state index contributed by atoms with van der Waals surface area (Å²) in [5.41, 5.74) is 0.788. The lowest BCUT2D eigenvalue weighted by atomic mass is 10.0.